The zero-order valence-electron chi connectivity index (χ0n) is 7.20. The van der Waals surface area contributed by atoms with Crippen LogP contribution < -0.4 is 0 Å². The Morgan fingerprint density at radius 3 is 2.00 bits per heavy atom. The maximum Gasteiger partial charge on any atom is 0.0568 e. The second-order valence-corrected chi connectivity index (χ2v) is 3.26. The Bertz CT molecular complexity index is 93.3. The summed E-state index contributed by atoms with van der Waals surface area (Å²) in [6.45, 7) is 3.61. The smallest absolute Gasteiger partial charge is 0.0568 e. The van der Waals surface area contributed by atoms with E-state index in [1.54, 1.807) is 6.92 Å². The molecule has 0 bridgehead atoms. The molecule has 0 fully saturated rings. The monoisotopic (exact) mass is 162 g/mol. The van der Waals surface area contributed by atoms with E-state index in [1.165, 1.54) is 0 Å². The van der Waals surface area contributed by atoms with Crippen molar-refractivity contribution in [2.24, 2.45) is 5.92 Å². The number of rotatable bonds is 5. The third kappa shape index (κ3) is 6.28. The molecule has 0 heterocycles. The van der Waals surface area contributed by atoms with Crippen molar-refractivity contribution in [3.05, 3.63) is 0 Å². The molecule has 0 saturated carbocycles. The van der Waals surface area contributed by atoms with Crippen LogP contribution in [0, 0.1) is 5.92 Å². The van der Waals surface area contributed by atoms with Gasteiger partial charge in [0.15, 0.2) is 0 Å². The minimum absolute atomic E-state index is 0.0941. The molecule has 0 aliphatic rings. The van der Waals surface area contributed by atoms with E-state index >= 15 is 0 Å². The summed E-state index contributed by atoms with van der Waals surface area (Å²) in [5.74, 6) is 0.115. The van der Waals surface area contributed by atoms with Crippen LogP contribution in [0.2, 0.25) is 0 Å². The number of aliphatic hydroxyl groups is 3. The van der Waals surface area contributed by atoms with Gasteiger partial charge in [-0.1, -0.05) is 6.92 Å². The van der Waals surface area contributed by atoms with Gasteiger partial charge in [0.1, 0.15) is 0 Å². The first-order valence-electron chi connectivity index (χ1n) is 4.03. The SMILES string of the molecule is C[C@H](CO)C[C@H](O)C[C@H](C)O. The molecule has 0 aromatic heterocycles. The average Bonchev–Trinajstić information content (AvgIpc) is 1.85. The van der Waals surface area contributed by atoms with Gasteiger partial charge >= 0.3 is 0 Å². The molecule has 0 rings (SSSR count). The summed E-state index contributed by atoms with van der Waals surface area (Å²) in [7, 11) is 0. The lowest BCUT2D eigenvalue weighted by Gasteiger charge is -2.15. The zero-order chi connectivity index (χ0) is 8.85. The maximum absolute atomic E-state index is 9.25. The highest BCUT2D eigenvalue weighted by molar-refractivity contribution is 4.63. The van der Waals surface area contributed by atoms with Gasteiger partial charge in [-0.15, -0.1) is 0 Å². The van der Waals surface area contributed by atoms with Gasteiger partial charge in [-0.25, -0.2) is 0 Å². The maximum atomic E-state index is 9.25. The third-order valence-electron chi connectivity index (χ3n) is 1.60. The van der Waals surface area contributed by atoms with Gasteiger partial charge in [-0.05, 0) is 25.7 Å². The summed E-state index contributed by atoms with van der Waals surface area (Å²) in [6.07, 6.45) is -0.000747. The highest BCUT2D eigenvalue weighted by atomic mass is 16.3. The zero-order valence-corrected chi connectivity index (χ0v) is 7.20. The van der Waals surface area contributed by atoms with Crippen LogP contribution in [0.4, 0.5) is 0 Å². The van der Waals surface area contributed by atoms with Crippen LogP contribution in [-0.4, -0.2) is 34.1 Å². The van der Waals surface area contributed by atoms with Gasteiger partial charge < -0.3 is 15.3 Å². The lowest BCUT2D eigenvalue weighted by atomic mass is 10.0. The van der Waals surface area contributed by atoms with Crippen LogP contribution in [0.3, 0.4) is 0 Å². The minimum atomic E-state index is -0.489. The van der Waals surface area contributed by atoms with Crippen LogP contribution in [0.1, 0.15) is 26.7 Å². The fraction of sp³-hybridized carbons (Fsp3) is 1.00. The lowest BCUT2D eigenvalue weighted by Crippen LogP contribution is -2.19. The highest BCUT2D eigenvalue weighted by Gasteiger charge is 2.11. The van der Waals surface area contributed by atoms with Gasteiger partial charge in [0.05, 0.1) is 12.2 Å². The molecule has 0 unspecified atom stereocenters. The van der Waals surface area contributed by atoms with Gasteiger partial charge in [0, 0.05) is 6.61 Å². The Morgan fingerprint density at radius 1 is 1.09 bits per heavy atom. The molecule has 0 aromatic carbocycles. The molecular formula is C8H18O3. The van der Waals surface area contributed by atoms with Crippen molar-refractivity contribution in [3.63, 3.8) is 0 Å². The van der Waals surface area contributed by atoms with E-state index in [0.717, 1.165) is 0 Å². The van der Waals surface area contributed by atoms with Crippen molar-refractivity contribution in [1.82, 2.24) is 0 Å². The van der Waals surface area contributed by atoms with Crippen molar-refractivity contribution in [3.8, 4) is 0 Å². The first kappa shape index (κ1) is 10.9. The summed E-state index contributed by atoms with van der Waals surface area (Å²) in [6, 6.07) is 0. The number of aliphatic hydroxyl groups excluding tert-OH is 3. The largest absolute Gasteiger partial charge is 0.396 e. The van der Waals surface area contributed by atoms with Crippen LogP contribution >= 0.6 is 0 Å². The minimum Gasteiger partial charge on any atom is -0.396 e. The molecule has 3 atom stereocenters. The Balaban J connectivity index is 3.43. The molecule has 0 radical (unpaired) electrons. The average molecular weight is 162 g/mol. The molecule has 3 heteroatoms. The van der Waals surface area contributed by atoms with Crippen LogP contribution in [0.15, 0.2) is 0 Å². The molecule has 0 aromatic rings. The predicted octanol–water partition coefficient (Wildman–Crippen LogP) is 0.137. The highest BCUT2D eigenvalue weighted by Crippen LogP contribution is 2.09. The van der Waals surface area contributed by atoms with Crippen molar-refractivity contribution in [2.45, 2.75) is 38.9 Å². The summed E-state index contributed by atoms with van der Waals surface area (Å²) in [5.41, 5.74) is 0. The summed E-state index contributed by atoms with van der Waals surface area (Å²) >= 11 is 0. The Labute approximate surface area is 67.7 Å². The lowest BCUT2D eigenvalue weighted by molar-refractivity contribution is 0.0667. The fourth-order valence-corrected chi connectivity index (χ4v) is 1.03. The number of hydrogen-bond donors (Lipinski definition) is 3. The molecule has 11 heavy (non-hydrogen) atoms. The molecule has 3 nitrogen and oxygen atoms in total. The van der Waals surface area contributed by atoms with Crippen LogP contribution in [0.5, 0.6) is 0 Å². The third-order valence-corrected chi connectivity index (χ3v) is 1.60. The van der Waals surface area contributed by atoms with Crippen LogP contribution in [-0.2, 0) is 0 Å². The van der Waals surface area contributed by atoms with Crippen LogP contribution in [0.25, 0.3) is 0 Å². The summed E-state index contributed by atoms with van der Waals surface area (Å²) in [5, 5.41) is 26.8. The Hall–Kier alpha value is -0.120. The van der Waals surface area contributed by atoms with E-state index in [2.05, 4.69) is 0 Å². The standard InChI is InChI=1S/C8H18O3/c1-6(5-9)3-8(11)4-7(2)10/h6-11H,3-5H2,1-2H3/t6-,7-,8-/m0/s1. The second-order valence-electron chi connectivity index (χ2n) is 3.26. The van der Waals surface area contributed by atoms with E-state index in [9.17, 15) is 5.11 Å². The first-order chi connectivity index (χ1) is 5.06. The van der Waals surface area contributed by atoms with E-state index in [-0.39, 0.29) is 12.5 Å². The van der Waals surface area contributed by atoms with E-state index in [0.29, 0.717) is 12.8 Å². The molecule has 0 saturated heterocycles. The van der Waals surface area contributed by atoms with E-state index < -0.39 is 12.2 Å². The van der Waals surface area contributed by atoms with Gasteiger partial charge in [0.2, 0.25) is 0 Å². The molecule has 0 aliphatic carbocycles. The van der Waals surface area contributed by atoms with Crippen molar-refractivity contribution < 1.29 is 15.3 Å². The Morgan fingerprint density at radius 2 is 1.64 bits per heavy atom. The summed E-state index contributed by atoms with van der Waals surface area (Å²) < 4.78 is 0. The van der Waals surface area contributed by atoms with Crippen molar-refractivity contribution >= 4 is 0 Å². The van der Waals surface area contributed by atoms with Crippen molar-refractivity contribution in [1.29, 1.82) is 0 Å². The molecule has 0 spiro atoms. The van der Waals surface area contributed by atoms with Gasteiger partial charge in [0.25, 0.3) is 0 Å². The van der Waals surface area contributed by atoms with E-state index in [1.807, 2.05) is 6.92 Å². The predicted molar refractivity (Wildman–Crippen MR) is 43.2 cm³/mol. The second kappa shape index (κ2) is 5.52. The molecule has 68 valence electrons. The normalized spacial score (nSPS) is 19.4. The molecule has 0 aliphatic heterocycles. The Kier molecular flexibility index (Phi) is 5.46. The molecular weight excluding hydrogens is 144 g/mol. The van der Waals surface area contributed by atoms with Gasteiger partial charge in [-0.2, -0.15) is 0 Å². The topological polar surface area (TPSA) is 60.7 Å². The number of hydrogen-bond acceptors (Lipinski definition) is 3. The van der Waals surface area contributed by atoms with Gasteiger partial charge in [-0.3, -0.25) is 0 Å². The first-order valence-corrected chi connectivity index (χ1v) is 4.03. The molecule has 0 amide bonds. The fourth-order valence-electron chi connectivity index (χ4n) is 1.03. The summed E-state index contributed by atoms with van der Waals surface area (Å²) in [4.78, 5) is 0. The van der Waals surface area contributed by atoms with Crippen molar-refractivity contribution in [2.75, 3.05) is 6.61 Å². The van der Waals surface area contributed by atoms with E-state index in [4.69, 9.17) is 10.2 Å². The molecule has 3 N–H and O–H groups in total. The quantitative estimate of drug-likeness (QED) is 0.539.